The molecule has 0 radical (unpaired) electrons. The van der Waals surface area contributed by atoms with Crippen LogP contribution in [0.1, 0.15) is 48.5 Å². The van der Waals surface area contributed by atoms with E-state index < -0.39 is 0 Å². The van der Waals surface area contributed by atoms with Crippen molar-refractivity contribution in [1.82, 2.24) is 10.3 Å². The number of hydrogen-bond donors (Lipinski definition) is 1. The molecule has 144 valence electrons. The lowest BCUT2D eigenvalue weighted by Gasteiger charge is -2.36. The molecule has 1 aromatic heterocycles. The fourth-order valence-electron chi connectivity index (χ4n) is 3.67. The van der Waals surface area contributed by atoms with Crippen molar-refractivity contribution in [2.75, 3.05) is 25.1 Å². The lowest BCUT2D eigenvalue weighted by atomic mass is 10.00. The molecule has 1 fully saturated rings. The van der Waals surface area contributed by atoms with Gasteiger partial charge in [-0.3, -0.25) is 4.79 Å². The third-order valence-corrected chi connectivity index (χ3v) is 5.24. The quantitative estimate of drug-likeness (QED) is 0.808. The first-order chi connectivity index (χ1) is 13.2. The predicted octanol–water partition coefficient (Wildman–Crippen LogP) is 3.83. The Morgan fingerprint density at radius 3 is 2.93 bits per heavy atom. The van der Waals surface area contributed by atoms with Crippen molar-refractivity contribution in [2.24, 2.45) is 0 Å². The Balaban J connectivity index is 1.54. The van der Waals surface area contributed by atoms with Crippen LogP contribution in [0.5, 0.6) is 5.75 Å². The van der Waals surface area contributed by atoms with Gasteiger partial charge in [0.05, 0.1) is 12.7 Å². The molecule has 0 spiro atoms. The Bertz CT molecular complexity index is 745. The van der Waals surface area contributed by atoms with Gasteiger partial charge in [-0.05, 0) is 61.9 Å². The number of amides is 1. The fourth-order valence-corrected chi connectivity index (χ4v) is 3.67. The van der Waals surface area contributed by atoms with E-state index in [-0.39, 0.29) is 5.91 Å². The monoisotopic (exact) mass is 367 g/mol. The summed E-state index contributed by atoms with van der Waals surface area (Å²) in [5.41, 5.74) is 1.74. The number of pyridine rings is 1. The number of nitrogens with zero attached hydrogens (tertiary/aromatic N) is 2. The van der Waals surface area contributed by atoms with E-state index in [2.05, 4.69) is 22.1 Å². The second-order valence-corrected chi connectivity index (χ2v) is 7.01. The summed E-state index contributed by atoms with van der Waals surface area (Å²) in [6.45, 7) is 3.86. The molecule has 1 aromatic carbocycles. The zero-order chi connectivity index (χ0) is 19.1. The molecule has 1 aliphatic rings. The number of nitrogens with one attached hydrogen (secondary N) is 1. The van der Waals surface area contributed by atoms with Gasteiger partial charge in [0, 0.05) is 25.3 Å². The number of carbonyl (C=O) groups is 1. The molecule has 1 N–H and O–H groups in total. The highest BCUT2D eigenvalue weighted by Crippen LogP contribution is 2.24. The molecule has 1 saturated heterocycles. The fraction of sp³-hybridized carbons (Fsp3) is 0.455. The van der Waals surface area contributed by atoms with Gasteiger partial charge in [0.25, 0.3) is 5.91 Å². The van der Waals surface area contributed by atoms with Gasteiger partial charge in [0.1, 0.15) is 11.6 Å². The van der Waals surface area contributed by atoms with E-state index in [9.17, 15) is 4.79 Å². The predicted molar refractivity (Wildman–Crippen MR) is 109 cm³/mol. The van der Waals surface area contributed by atoms with Crippen LogP contribution in [0.25, 0.3) is 0 Å². The molecule has 1 unspecified atom stereocenters. The summed E-state index contributed by atoms with van der Waals surface area (Å²) >= 11 is 0. The Labute approximate surface area is 161 Å². The highest BCUT2D eigenvalue weighted by atomic mass is 16.5. The second kappa shape index (κ2) is 9.40. The van der Waals surface area contributed by atoms with Gasteiger partial charge in [0.15, 0.2) is 0 Å². The number of benzene rings is 1. The summed E-state index contributed by atoms with van der Waals surface area (Å²) in [5, 5.41) is 2.97. The minimum Gasteiger partial charge on any atom is -0.497 e. The molecule has 3 rings (SSSR count). The summed E-state index contributed by atoms with van der Waals surface area (Å²) in [6, 6.07) is 12.3. The average molecular weight is 367 g/mol. The molecule has 27 heavy (non-hydrogen) atoms. The van der Waals surface area contributed by atoms with Crippen LogP contribution in [0.2, 0.25) is 0 Å². The van der Waals surface area contributed by atoms with Crippen LogP contribution in [0.3, 0.4) is 0 Å². The molecule has 2 aromatic rings. The molecular weight excluding hydrogens is 338 g/mol. The molecule has 1 atom stereocenters. The smallest absolute Gasteiger partial charge is 0.252 e. The Morgan fingerprint density at radius 2 is 2.19 bits per heavy atom. The third kappa shape index (κ3) is 5.00. The maximum absolute atomic E-state index is 12.4. The van der Waals surface area contributed by atoms with Crippen LogP contribution in [-0.4, -0.2) is 37.1 Å². The lowest BCUT2D eigenvalue weighted by Crippen LogP contribution is -2.39. The van der Waals surface area contributed by atoms with Crippen molar-refractivity contribution in [3.8, 4) is 5.75 Å². The van der Waals surface area contributed by atoms with E-state index in [4.69, 9.17) is 4.74 Å². The Kier molecular flexibility index (Phi) is 6.69. The minimum atomic E-state index is -0.0809. The van der Waals surface area contributed by atoms with Gasteiger partial charge in [-0.1, -0.05) is 19.1 Å². The highest BCUT2D eigenvalue weighted by molar-refractivity contribution is 5.94. The number of anilines is 1. The Hall–Kier alpha value is -2.56. The van der Waals surface area contributed by atoms with Gasteiger partial charge in [0.2, 0.25) is 0 Å². The van der Waals surface area contributed by atoms with Crippen LogP contribution in [0, 0.1) is 0 Å². The van der Waals surface area contributed by atoms with Crippen LogP contribution in [0.4, 0.5) is 5.82 Å². The third-order valence-electron chi connectivity index (χ3n) is 5.24. The van der Waals surface area contributed by atoms with Crippen molar-refractivity contribution in [2.45, 2.75) is 45.1 Å². The Morgan fingerprint density at radius 1 is 1.30 bits per heavy atom. The zero-order valence-corrected chi connectivity index (χ0v) is 16.3. The van der Waals surface area contributed by atoms with E-state index in [1.165, 1.54) is 19.3 Å². The number of piperidine rings is 1. The number of ether oxygens (including phenoxy) is 1. The minimum absolute atomic E-state index is 0.0809. The first-order valence-corrected chi connectivity index (χ1v) is 9.85. The van der Waals surface area contributed by atoms with Gasteiger partial charge in [-0.2, -0.15) is 0 Å². The number of hydrogen-bond acceptors (Lipinski definition) is 4. The largest absolute Gasteiger partial charge is 0.497 e. The van der Waals surface area contributed by atoms with E-state index >= 15 is 0 Å². The normalized spacial score (nSPS) is 16.8. The SMILES string of the molecule is CCC1CCCCN1c1ccc(C(=O)NCCc2cccc(OC)c2)cn1. The highest BCUT2D eigenvalue weighted by Gasteiger charge is 2.22. The van der Waals surface area contributed by atoms with E-state index in [1.54, 1.807) is 13.3 Å². The van der Waals surface area contributed by atoms with Gasteiger partial charge >= 0.3 is 0 Å². The van der Waals surface area contributed by atoms with E-state index in [1.807, 2.05) is 36.4 Å². The second-order valence-electron chi connectivity index (χ2n) is 7.01. The van der Waals surface area contributed by atoms with Crippen LogP contribution in [-0.2, 0) is 6.42 Å². The van der Waals surface area contributed by atoms with E-state index in [0.717, 1.165) is 36.5 Å². The molecule has 0 saturated carbocycles. The van der Waals surface area contributed by atoms with Crippen molar-refractivity contribution in [3.05, 3.63) is 53.7 Å². The summed E-state index contributed by atoms with van der Waals surface area (Å²) < 4.78 is 5.23. The molecule has 2 heterocycles. The first kappa shape index (κ1) is 19.2. The van der Waals surface area contributed by atoms with Crippen molar-refractivity contribution >= 4 is 11.7 Å². The lowest BCUT2D eigenvalue weighted by molar-refractivity contribution is 0.0954. The molecule has 5 nitrogen and oxygen atoms in total. The van der Waals surface area contributed by atoms with Crippen LogP contribution >= 0.6 is 0 Å². The number of rotatable bonds is 7. The standard InChI is InChI=1S/C22H29N3O2/c1-3-19-8-4-5-14-25(19)21-11-10-18(16-24-21)22(26)23-13-12-17-7-6-9-20(15-17)27-2/h6-7,9-11,15-16,19H,3-5,8,12-14H2,1-2H3,(H,23,26). The molecule has 0 bridgehead atoms. The average Bonchev–Trinajstić information content (AvgIpc) is 2.74. The van der Waals surface area contributed by atoms with Gasteiger partial charge in [-0.15, -0.1) is 0 Å². The topological polar surface area (TPSA) is 54.5 Å². The maximum Gasteiger partial charge on any atom is 0.252 e. The number of aromatic nitrogens is 1. The molecule has 1 aliphatic heterocycles. The van der Waals surface area contributed by atoms with Crippen molar-refractivity contribution in [3.63, 3.8) is 0 Å². The van der Waals surface area contributed by atoms with Crippen molar-refractivity contribution < 1.29 is 9.53 Å². The van der Waals surface area contributed by atoms with Crippen molar-refractivity contribution in [1.29, 1.82) is 0 Å². The maximum atomic E-state index is 12.4. The molecular formula is C22H29N3O2. The summed E-state index contributed by atoms with van der Waals surface area (Å²) in [5.74, 6) is 1.74. The van der Waals surface area contributed by atoms with Crippen LogP contribution < -0.4 is 15.0 Å². The van der Waals surface area contributed by atoms with Gasteiger partial charge < -0.3 is 15.0 Å². The van der Waals surface area contributed by atoms with Gasteiger partial charge in [-0.25, -0.2) is 4.98 Å². The van der Waals surface area contributed by atoms with E-state index in [0.29, 0.717) is 18.2 Å². The first-order valence-electron chi connectivity index (χ1n) is 9.85. The summed E-state index contributed by atoms with van der Waals surface area (Å²) in [7, 11) is 1.66. The zero-order valence-electron chi connectivity index (χ0n) is 16.3. The summed E-state index contributed by atoms with van der Waals surface area (Å²) in [4.78, 5) is 19.3. The summed E-state index contributed by atoms with van der Waals surface area (Å²) in [6.07, 6.45) is 7.32. The molecule has 1 amide bonds. The molecule has 0 aliphatic carbocycles. The van der Waals surface area contributed by atoms with Crippen LogP contribution in [0.15, 0.2) is 42.6 Å². The molecule has 5 heteroatoms. The number of carbonyl (C=O) groups excluding carboxylic acids is 1. The number of methoxy groups -OCH3 is 1.